The minimum absolute atomic E-state index is 0.189. The SMILES string of the molecule is CCCC[C@@H](c1c(F)cccc1C(F)(F)F)N1CCNCC1. The van der Waals surface area contributed by atoms with E-state index in [4.69, 9.17) is 0 Å². The van der Waals surface area contributed by atoms with Crippen molar-refractivity contribution in [3.63, 3.8) is 0 Å². The standard InChI is InChI=1S/C16H22F4N2/c1-2-3-7-14(22-10-8-21-9-11-22)15-12(16(18,19)20)5-4-6-13(15)17/h4-6,14,21H,2-3,7-11H2,1H3/t14-/m0/s1. The van der Waals surface area contributed by atoms with Crippen LogP contribution in [-0.4, -0.2) is 31.1 Å². The lowest BCUT2D eigenvalue weighted by Crippen LogP contribution is -2.45. The van der Waals surface area contributed by atoms with Gasteiger partial charge in [0.15, 0.2) is 0 Å². The number of nitrogens with one attached hydrogen (secondary N) is 1. The van der Waals surface area contributed by atoms with E-state index >= 15 is 0 Å². The normalized spacial score (nSPS) is 18.4. The second-order valence-electron chi connectivity index (χ2n) is 5.64. The summed E-state index contributed by atoms with van der Waals surface area (Å²) in [4.78, 5) is 1.97. The predicted molar refractivity (Wildman–Crippen MR) is 78.1 cm³/mol. The number of nitrogens with zero attached hydrogens (tertiary/aromatic N) is 1. The molecule has 0 aliphatic carbocycles. The van der Waals surface area contributed by atoms with Gasteiger partial charge >= 0.3 is 6.18 Å². The molecule has 0 radical (unpaired) electrons. The number of rotatable bonds is 5. The lowest BCUT2D eigenvalue weighted by atomic mass is 9.93. The summed E-state index contributed by atoms with van der Waals surface area (Å²) in [7, 11) is 0. The Bertz CT molecular complexity index is 482. The van der Waals surface area contributed by atoms with Gasteiger partial charge in [0.2, 0.25) is 0 Å². The van der Waals surface area contributed by atoms with E-state index in [0.29, 0.717) is 19.5 Å². The molecule has 6 heteroatoms. The van der Waals surface area contributed by atoms with Crippen LogP contribution in [0.15, 0.2) is 18.2 Å². The first-order valence-corrected chi connectivity index (χ1v) is 7.75. The van der Waals surface area contributed by atoms with Crippen LogP contribution < -0.4 is 5.32 Å². The Morgan fingerprint density at radius 1 is 1.23 bits per heavy atom. The van der Waals surface area contributed by atoms with E-state index in [1.54, 1.807) is 0 Å². The fourth-order valence-electron chi connectivity index (χ4n) is 3.02. The van der Waals surface area contributed by atoms with Crippen LogP contribution in [0.5, 0.6) is 0 Å². The maximum Gasteiger partial charge on any atom is 0.416 e. The molecule has 0 saturated carbocycles. The van der Waals surface area contributed by atoms with Gasteiger partial charge in [-0.2, -0.15) is 13.2 Å². The van der Waals surface area contributed by atoms with Gasteiger partial charge in [0.1, 0.15) is 5.82 Å². The quantitative estimate of drug-likeness (QED) is 0.826. The third-order valence-electron chi connectivity index (χ3n) is 4.12. The van der Waals surface area contributed by atoms with E-state index in [9.17, 15) is 17.6 Å². The average Bonchev–Trinajstić information content (AvgIpc) is 2.49. The first kappa shape index (κ1) is 17.2. The molecule has 1 N–H and O–H groups in total. The highest BCUT2D eigenvalue weighted by molar-refractivity contribution is 5.34. The molecule has 1 fully saturated rings. The zero-order valence-corrected chi connectivity index (χ0v) is 12.7. The van der Waals surface area contributed by atoms with Crippen LogP contribution in [0, 0.1) is 5.82 Å². The van der Waals surface area contributed by atoms with Crippen LogP contribution in [0.3, 0.4) is 0 Å². The number of hydrogen-bond acceptors (Lipinski definition) is 2. The van der Waals surface area contributed by atoms with Gasteiger partial charge in [0, 0.05) is 37.8 Å². The van der Waals surface area contributed by atoms with Crippen LogP contribution in [0.2, 0.25) is 0 Å². The van der Waals surface area contributed by atoms with Crippen molar-refractivity contribution in [2.75, 3.05) is 26.2 Å². The Hall–Kier alpha value is -1.14. The number of hydrogen-bond donors (Lipinski definition) is 1. The maximum absolute atomic E-state index is 14.3. The molecule has 22 heavy (non-hydrogen) atoms. The number of piperazine rings is 1. The lowest BCUT2D eigenvalue weighted by Gasteiger charge is -2.36. The third kappa shape index (κ3) is 3.98. The smallest absolute Gasteiger partial charge is 0.314 e. The molecule has 1 heterocycles. The highest BCUT2D eigenvalue weighted by atomic mass is 19.4. The summed E-state index contributed by atoms with van der Waals surface area (Å²) in [6, 6.07) is 2.74. The molecule has 0 spiro atoms. The fourth-order valence-corrected chi connectivity index (χ4v) is 3.02. The second kappa shape index (κ2) is 7.42. The zero-order chi connectivity index (χ0) is 16.2. The molecule has 1 atom stereocenters. The molecular weight excluding hydrogens is 296 g/mol. The summed E-state index contributed by atoms with van der Waals surface area (Å²) in [5, 5.41) is 3.18. The van der Waals surface area contributed by atoms with E-state index in [2.05, 4.69) is 5.32 Å². The van der Waals surface area contributed by atoms with Crippen molar-refractivity contribution >= 4 is 0 Å². The summed E-state index contributed by atoms with van der Waals surface area (Å²) >= 11 is 0. The van der Waals surface area contributed by atoms with Crippen LogP contribution in [-0.2, 0) is 6.18 Å². The first-order valence-electron chi connectivity index (χ1n) is 7.75. The van der Waals surface area contributed by atoms with E-state index in [1.807, 2.05) is 11.8 Å². The molecule has 1 aromatic carbocycles. The van der Waals surface area contributed by atoms with Crippen molar-refractivity contribution in [2.24, 2.45) is 0 Å². The molecule has 0 aromatic heterocycles. The molecule has 124 valence electrons. The molecule has 1 aromatic rings. The van der Waals surface area contributed by atoms with Crippen LogP contribution >= 0.6 is 0 Å². The highest BCUT2D eigenvalue weighted by Gasteiger charge is 2.38. The fraction of sp³-hybridized carbons (Fsp3) is 0.625. The summed E-state index contributed by atoms with van der Waals surface area (Å²) in [6.07, 6.45) is -2.34. The Balaban J connectivity index is 2.41. The van der Waals surface area contributed by atoms with Gasteiger partial charge in [-0.1, -0.05) is 25.8 Å². The van der Waals surface area contributed by atoms with Gasteiger partial charge in [-0.3, -0.25) is 4.90 Å². The van der Waals surface area contributed by atoms with Crippen LogP contribution in [0.1, 0.15) is 43.4 Å². The Kier molecular flexibility index (Phi) is 5.81. The minimum atomic E-state index is -4.53. The van der Waals surface area contributed by atoms with Gasteiger partial charge in [-0.25, -0.2) is 4.39 Å². The molecule has 2 nitrogen and oxygen atoms in total. The number of halogens is 4. The molecular formula is C16H22F4N2. The zero-order valence-electron chi connectivity index (χ0n) is 12.7. The van der Waals surface area contributed by atoms with E-state index < -0.39 is 23.6 Å². The largest absolute Gasteiger partial charge is 0.416 e. The number of benzene rings is 1. The van der Waals surface area contributed by atoms with Crippen molar-refractivity contribution in [1.29, 1.82) is 0 Å². The van der Waals surface area contributed by atoms with Gasteiger partial charge in [0.05, 0.1) is 5.56 Å². The van der Waals surface area contributed by atoms with E-state index in [-0.39, 0.29) is 5.56 Å². The summed E-state index contributed by atoms with van der Waals surface area (Å²) in [5.41, 5.74) is -1.03. The Morgan fingerprint density at radius 2 is 1.91 bits per heavy atom. The van der Waals surface area contributed by atoms with Crippen molar-refractivity contribution in [2.45, 2.75) is 38.4 Å². The molecule has 0 bridgehead atoms. The summed E-state index contributed by atoms with van der Waals surface area (Å²) < 4.78 is 54.1. The lowest BCUT2D eigenvalue weighted by molar-refractivity contribution is -0.139. The molecule has 0 amide bonds. The van der Waals surface area contributed by atoms with Crippen molar-refractivity contribution < 1.29 is 17.6 Å². The van der Waals surface area contributed by atoms with Gasteiger partial charge < -0.3 is 5.32 Å². The van der Waals surface area contributed by atoms with Crippen LogP contribution in [0.4, 0.5) is 17.6 Å². The van der Waals surface area contributed by atoms with E-state index in [1.165, 1.54) is 0 Å². The van der Waals surface area contributed by atoms with Gasteiger partial charge in [0.25, 0.3) is 0 Å². The van der Waals surface area contributed by atoms with Crippen LogP contribution in [0.25, 0.3) is 0 Å². The topological polar surface area (TPSA) is 15.3 Å². The van der Waals surface area contributed by atoms with Gasteiger partial charge in [-0.05, 0) is 18.6 Å². The van der Waals surface area contributed by atoms with Crippen molar-refractivity contribution in [3.8, 4) is 0 Å². The molecule has 1 aliphatic heterocycles. The minimum Gasteiger partial charge on any atom is -0.314 e. The molecule has 0 unspecified atom stereocenters. The molecule has 2 rings (SSSR count). The predicted octanol–water partition coefficient (Wildman–Crippen LogP) is 3.98. The monoisotopic (exact) mass is 318 g/mol. The number of unbranched alkanes of at least 4 members (excludes halogenated alkanes) is 1. The Morgan fingerprint density at radius 3 is 2.50 bits per heavy atom. The second-order valence-corrected chi connectivity index (χ2v) is 5.64. The highest BCUT2D eigenvalue weighted by Crippen LogP contribution is 2.39. The Labute approximate surface area is 128 Å². The first-order chi connectivity index (χ1) is 10.4. The summed E-state index contributed by atoms with van der Waals surface area (Å²) in [6.45, 7) is 4.71. The summed E-state index contributed by atoms with van der Waals surface area (Å²) in [5.74, 6) is -0.755. The maximum atomic E-state index is 14.3. The molecule has 1 saturated heterocycles. The van der Waals surface area contributed by atoms with E-state index in [0.717, 1.165) is 44.1 Å². The van der Waals surface area contributed by atoms with Gasteiger partial charge in [-0.15, -0.1) is 0 Å². The average molecular weight is 318 g/mol. The third-order valence-corrected chi connectivity index (χ3v) is 4.12. The van der Waals surface area contributed by atoms with Crippen molar-refractivity contribution in [3.05, 3.63) is 35.1 Å². The van der Waals surface area contributed by atoms with Crippen molar-refractivity contribution in [1.82, 2.24) is 10.2 Å². The number of alkyl halides is 3. The molecule has 1 aliphatic rings.